The van der Waals surface area contributed by atoms with Crippen molar-refractivity contribution >= 4 is 38.1 Å². The maximum Gasteiger partial charge on any atom is 0.166 e. The Morgan fingerprint density at radius 1 is 0.489 bits per heavy atom. The van der Waals surface area contributed by atoms with Crippen LogP contribution >= 0.6 is 0 Å². The SMILES string of the molecule is C1=C(c2nc(-c3ccccc3)nc(-c3ccc(-c4ccc5ccccc5c4)cc3)n2)c2c(oc3cc4ccccc4cc23)CN1. The zero-order valence-electron chi connectivity index (χ0n) is 24.2. The van der Waals surface area contributed by atoms with Crippen LogP contribution in [-0.4, -0.2) is 15.0 Å². The lowest BCUT2D eigenvalue weighted by Crippen LogP contribution is -2.14. The predicted octanol–water partition coefficient (Wildman–Crippen LogP) is 9.42. The Bertz CT molecular complexity index is 2420. The lowest BCUT2D eigenvalue weighted by Gasteiger charge is -2.15. The summed E-state index contributed by atoms with van der Waals surface area (Å²) in [5.41, 5.74) is 6.94. The van der Waals surface area contributed by atoms with Gasteiger partial charge in [0, 0.05) is 33.8 Å². The van der Waals surface area contributed by atoms with E-state index in [1.807, 2.05) is 36.5 Å². The second-order valence-corrected chi connectivity index (χ2v) is 11.3. The normalized spacial score (nSPS) is 12.7. The fraction of sp³-hybridized carbons (Fsp3) is 0.0250. The summed E-state index contributed by atoms with van der Waals surface area (Å²) >= 11 is 0. The summed E-state index contributed by atoms with van der Waals surface area (Å²) in [6.45, 7) is 0.601. The van der Waals surface area contributed by atoms with E-state index in [1.165, 1.54) is 21.7 Å². The van der Waals surface area contributed by atoms with E-state index < -0.39 is 0 Å². The lowest BCUT2D eigenvalue weighted by atomic mass is 9.97. The van der Waals surface area contributed by atoms with Crippen molar-refractivity contribution in [2.45, 2.75) is 6.54 Å². The van der Waals surface area contributed by atoms with E-state index >= 15 is 0 Å². The van der Waals surface area contributed by atoms with Crippen molar-refractivity contribution in [1.29, 1.82) is 0 Å². The molecule has 0 unspecified atom stereocenters. The molecule has 1 N–H and O–H groups in total. The fourth-order valence-electron chi connectivity index (χ4n) is 6.27. The van der Waals surface area contributed by atoms with Crippen LogP contribution in [-0.2, 0) is 6.54 Å². The third kappa shape index (κ3) is 4.45. The first-order valence-electron chi connectivity index (χ1n) is 15.1. The van der Waals surface area contributed by atoms with E-state index in [2.05, 4.69) is 108 Å². The molecular weight excluding hydrogens is 552 g/mol. The summed E-state index contributed by atoms with van der Waals surface area (Å²) in [5.74, 6) is 2.72. The van der Waals surface area contributed by atoms with Gasteiger partial charge in [0.1, 0.15) is 11.3 Å². The molecule has 0 bridgehead atoms. The molecule has 0 amide bonds. The van der Waals surface area contributed by atoms with Crippen molar-refractivity contribution in [3.63, 3.8) is 0 Å². The average molecular weight is 579 g/mol. The van der Waals surface area contributed by atoms with Crippen LogP contribution in [0.15, 0.2) is 144 Å². The molecule has 0 saturated carbocycles. The smallest absolute Gasteiger partial charge is 0.166 e. The largest absolute Gasteiger partial charge is 0.458 e. The second-order valence-electron chi connectivity index (χ2n) is 11.3. The zero-order chi connectivity index (χ0) is 29.7. The fourth-order valence-corrected chi connectivity index (χ4v) is 6.27. The number of rotatable bonds is 4. The first kappa shape index (κ1) is 25.4. The number of nitrogens with one attached hydrogen (secondary N) is 1. The predicted molar refractivity (Wildman–Crippen MR) is 181 cm³/mol. The number of furan rings is 1. The van der Waals surface area contributed by atoms with Crippen molar-refractivity contribution in [2.24, 2.45) is 0 Å². The molecular formula is C40H26N4O. The molecule has 3 heterocycles. The highest BCUT2D eigenvalue weighted by molar-refractivity contribution is 6.03. The summed E-state index contributed by atoms with van der Waals surface area (Å²) in [5, 5.41) is 9.22. The monoisotopic (exact) mass is 578 g/mol. The minimum Gasteiger partial charge on any atom is -0.458 e. The van der Waals surface area contributed by atoms with Gasteiger partial charge in [0.15, 0.2) is 17.5 Å². The first-order chi connectivity index (χ1) is 22.3. The van der Waals surface area contributed by atoms with E-state index in [0.29, 0.717) is 24.0 Å². The van der Waals surface area contributed by atoms with Crippen LogP contribution in [0.4, 0.5) is 0 Å². The summed E-state index contributed by atoms with van der Waals surface area (Å²) in [7, 11) is 0. The number of hydrogen-bond acceptors (Lipinski definition) is 5. The van der Waals surface area contributed by atoms with Crippen LogP contribution in [0, 0.1) is 0 Å². The highest BCUT2D eigenvalue weighted by atomic mass is 16.3. The molecule has 5 nitrogen and oxygen atoms in total. The molecule has 0 radical (unpaired) electrons. The topological polar surface area (TPSA) is 63.8 Å². The third-order valence-electron chi connectivity index (χ3n) is 8.54. The summed E-state index contributed by atoms with van der Waals surface area (Å²) in [4.78, 5) is 15.1. The minimum atomic E-state index is 0.599. The first-order valence-corrected chi connectivity index (χ1v) is 15.1. The van der Waals surface area contributed by atoms with Gasteiger partial charge in [-0.25, -0.2) is 15.0 Å². The molecule has 0 aliphatic carbocycles. The van der Waals surface area contributed by atoms with Gasteiger partial charge in [0.25, 0.3) is 0 Å². The molecule has 0 spiro atoms. The summed E-state index contributed by atoms with van der Waals surface area (Å²) in [6, 6.07) is 46.2. The van der Waals surface area contributed by atoms with E-state index in [0.717, 1.165) is 49.9 Å². The van der Waals surface area contributed by atoms with Crippen molar-refractivity contribution in [3.8, 4) is 33.9 Å². The number of benzene rings is 6. The van der Waals surface area contributed by atoms with Gasteiger partial charge in [-0.15, -0.1) is 0 Å². The molecule has 6 aromatic carbocycles. The van der Waals surface area contributed by atoms with Crippen LogP contribution in [0.3, 0.4) is 0 Å². The standard InChI is InChI=1S/C40H26N4O/c1-2-9-27(10-3-1)38-42-39(28-17-14-26(15-18-28)32-19-16-25-8-4-5-11-29(25)20-32)44-40(43-38)34-23-41-24-36-37(34)33-21-30-12-6-7-13-31(30)22-35(33)45-36/h1-23,41H,24H2. The van der Waals surface area contributed by atoms with Crippen LogP contribution in [0.2, 0.25) is 0 Å². The Kier molecular flexibility index (Phi) is 5.81. The lowest BCUT2D eigenvalue weighted by molar-refractivity contribution is 0.531. The summed E-state index contributed by atoms with van der Waals surface area (Å²) < 4.78 is 6.39. The van der Waals surface area contributed by atoms with Crippen LogP contribution in [0.25, 0.3) is 72.0 Å². The van der Waals surface area contributed by atoms with E-state index in [4.69, 9.17) is 19.4 Å². The van der Waals surface area contributed by atoms with Crippen molar-refractivity contribution in [2.75, 3.05) is 0 Å². The van der Waals surface area contributed by atoms with Crippen molar-refractivity contribution in [3.05, 3.63) is 157 Å². The molecule has 0 fully saturated rings. The number of hydrogen-bond donors (Lipinski definition) is 1. The molecule has 1 aliphatic heterocycles. The average Bonchev–Trinajstić information content (AvgIpc) is 3.48. The van der Waals surface area contributed by atoms with Gasteiger partial charge >= 0.3 is 0 Å². The van der Waals surface area contributed by atoms with Gasteiger partial charge in [-0.3, -0.25) is 0 Å². The molecule has 0 atom stereocenters. The van der Waals surface area contributed by atoms with Crippen LogP contribution < -0.4 is 5.32 Å². The van der Waals surface area contributed by atoms with Gasteiger partial charge in [-0.1, -0.05) is 115 Å². The minimum absolute atomic E-state index is 0.599. The molecule has 0 saturated heterocycles. The van der Waals surface area contributed by atoms with Crippen LogP contribution in [0.5, 0.6) is 0 Å². The van der Waals surface area contributed by atoms with E-state index in [1.54, 1.807) is 0 Å². The Morgan fingerprint density at radius 3 is 1.82 bits per heavy atom. The Balaban J connectivity index is 1.17. The number of nitrogens with zero attached hydrogens (tertiary/aromatic N) is 3. The highest BCUT2D eigenvalue weighted by Crippen LogP contribution is 2.38. The van der Waals surface area contributed by atoms with Gasteiger partial charge in [-0.2, -0.15) is 0 Å². The summed E-state index contributed by atoms with van der Waals surface area (Å²) in [6.07, 6.45) is 2.00. The van der Waals surface area contributed by atoms with Crippen LogP contribution in [0.1, 0.15) is 17.1 Å². The maximum absolute atomic E-state index is 6.39. The maximum atomic E-state index is 6.39. The van der Waals surface area contributed by atoms with Gasteiger partial charge in [-0.05, 0) is 50.9 Å². The molecule has 9 rings (SSSR count). The Hall–Kier alpha value is -6.07. The van der Waals surface area contributed by atoms with Gasteiger partial charge < -0.3 is 9.73 Å². The van der Waals surface area contributed by atoms with E-state index in [-0.39, 0.29) is 0 Å². The van der Waals surface area contributed by atoms with Gasteiger partial charge in [0.2, 0.25) is 0 Å². The Morgan fingerprint density at radius 2 is 1.07 bits per heavy atom. The molecule has 8 aromatic rings. The molecule has 45 heavy (non-hydrogen) atoms. The quantitative estimate of drug-likeness (QED) is 0.225. The zero-order valence-corrected chi connectivity index (χ0v) is 24.2. The molecule has 2 aromatic heterocycles. The molecule has 212 valence electrons. The van der Waals surface area contributed by atoms with Crippen molar-refractivity contribution < 1.29 is 4.42 Å². The second kappa shape index (κ2) is 10.3. The highest BCUT2D eigenvalue weighted by Gasteiger charge is 2.25. The van der Waals surface area contributed by atoms with Crippen molar-refractivity contribution in [1.82, 2.24) is 20.3 Å². The number of aromatic nitrogens is 3. The number of fused-ring (bicyclic) bond motifs is 5. The third-order valence-corrected chi connectivity index (χ3v) is 8.54. The molecule has 1 aliphatic rings. The van der Waals surface area contributed by atoms with E-state index in [9.17, 15) is 0 Å². The Labute approximate surface area is 259 Å². The van der Waals surface area contributed by atoms with Gasteiger partial charge in [0.05, 0.1) is 6.54 Å². The molecule has 5 heteroatoms.